The molecule has 2 N–H and O–H groups in total. The lowest BCUT2D eigenvalue weighted by Crippen LogP contribution is -2.28. The molecule has 2 saturated carbocycles. The zero-order valence-electron chi connectivity index (χ0n) is 12.5. The van der Waals surface area contributed by atoms with Crippen LogP contribution in [0.4, 0.5) is 11.4 Å². The van der Waals surface area contributed by atoms with E-state index in [0.29, 0.717) is 16.8 Å². The molecule has 2 aliphatic carbocycles. The Hall–Kier alpha value is -1.22. The predicted octanol–water partition coefficient (Wildman–Crippen LogP) is 4.68. The van der Waals surface area contributed by atoms with Crippen LogP contribution in [0.25, 0.3) is 0 Å². The van der Waals surface area contributed by atoms with Crippen molar-refractivity contribution in [2.75, 3.05) is 10.6 Å². The summed E-state index contributed by atoms with van der Waals surface area (Å²) in [6, 6.07) is 6.34. The highest BCUT2D eigenvalue weighted by Crippen LogP contribution is 2.44. The number of rotatable bonds is 4. The first-order valence-electron chi connectivity index (χ1n) is 7.95. The number of carbonyl (C=O) groups is 1. The van der Waals surface area contributed by atoms with Gasteiger partial charge in [-0.2, -0.15) is 0 Å². The highest BCUT2D eigenvalue weighted by molar-refractivity contribution is 6.34. The Bertz CT molecular complexity index is 528. The van der Waals surface area contributed by atoms with Gasteiger partial charge in [0, 0.05) is 18.7 Å². The topological polar surface area (TPSA) is 41.1 Å². The summed E-state index contributed by atoms with van der Waals surface area (Å²) in [4.78, 5) is 11.1. The molecule has 0 aromatic heterocycles. The number of hydrogen-bond acceptors (Lipinski definition) is 2. The van der Waals surface area contributed by atoms with Crippen LogP contribution >= 0.6 is 11.6 Å². The molecule has 0 saturated heterocycles. The van der Waals surface area contributed by atoms with E-state index in [4.69, 9.17) is 11.6 Å². The minimum atomic E-state index is -0.0998. The molecular formula is C17H23ClN2O. The fourth-order valence-electron chi connectivity index (χ4n) is 3.49. The van der Waals surface area contributed by atoms with Gasteiger partial charge in [-0.15, -0.1) is 0 Å². The van der Waals surface area contributed by atoms with Gasteiger partial charge in [-0.05, 0) is 55.7 Å². The Balaban J connectivity index is 1.61. The quantitative estimate of drug-likeness (QED) is 0.848. The minimum Gasteiger partial charge on any atom is -0.382 e. The van der Waals surface area contributed by atoms with Crippen LogP contribution in [0, 0.1) is 11.8 Å². The maximum absolute atomic E-state index is 11.1. The van der Waals surface area contributed by atoms with Crippen molar-refractivity contribution in [3.8, 4) is 0 Å². The van der Waals surface area contributed by atoms with Crippen LogP contribution in [0.1, 0.15) is 45.4 Å². The summed E-state index contributed by atoms with van der Waals surface area (Å²) < 4.78 is 0. The van der Waals surface area contributed by atoms with Crippen molar-refractivity contribution >= 4 is 28.9 Å². The van der Waals surface area contributed by atoms with Crippen LogP contribution in [0.2, 0.25) is 5.02 Å². The maximum atomic E-state index is 11.1. The number of halogens is 1. The van der Waals surface area contributed by atoms with Crippen molar-refractivity contribution in [1.29, 1.82) is 0 Å². The standard InChI is InChI=1S/C17H23ClN2O/c1-11(21)19-17-8-7-15(10-16(17)18)20-14-4-2-3-13(9-14)12-5-6-12/h7-8,10,12-14,20H,2-6,9H2,1H3,(H,19,21). The van der Waals surface area contributed by atoms with E-state index in [2.05, 4.69) is 10.6 Å². The van der Waals surface area contributed by atoms with Crippen molar-refractivity contribution in [3.05, 3.63) is 23.2 Å². The van der Waals surface area contributed by atoms with Crippen LogP contribution in [0.3, 0.4) is 0 Å². The van der Waals surface area contributed by atoms with Crippen molar-refractivity contribution in [2.24, 2.45) is 11.8 Å². The second kappa shape index (κ2) is 6.27. The van der Waals surface area contributed by atoms with Gasteiger partial charge in [0.05, 0.1) is 10.7 Å². The molecule has 2 unspecified atom stereocenters. The van der Waals surface area contributed by atoms with E-state index < -0.39 is 0 Å². The van der Waals surface area contributed by atoms with Gasteiger partial charge in [-0.25, -0.2) is 0 Å². The largest absolute Gasteiger partial charge is 0.382 e. The summed E-state index contributed by atoms with van der Waals surface area (Å²) in [5.74, 6) is 1.82. The molecule has 2 aliphatic rings. The average molecular weight is 307 g/mol. The third-order valence-electron chi connectivity index (χ3n) is 4.65. The zero-order chi connectivity index (χ0) is 14.8. The average Bonchev–Trinajstić information content (AvgIpc) is 3.26. The summed E-state index contributed by atoms with van der Waals surface area (Å²) in [6.07, 6.45) is 8.15. The summed E-state index contributed by atoms with van der Waals surface area (Å²) in [7, 11) is 0. The molecule has 1 aromatic carbocycles. The van der Waals surface area contributed by atoms with E-state index >= 15 is 0 Å². The van der Waals surface area contributed by atoms with E-state index in [1.807, 2.05) is 18.2 Å². The van der Waals surface area contributed by atoms with Crippen molar-refractivity contribution in [1.82, 2.24) is 0 Å². The Labute approximate surface area is 131 Å². The summed E-state index contributed by atoms with van der Waals surface area (Å²) in [5.41, 5.74) is 1.73. The first-order chi connectivity index (χ1) is 10.1. The smallest absolute Gasteiger partial charge is 0.221 e. The van der Waals surface area contributed by atoms with E-state index in [0.717, 1.165) is 17.5 Å². The number of carbonyl (C=O) groups excluding carboxylic acids is 1. The first-order valence-corrected chi connectivity index (χ1v) is 8.33. The van der Waals surface area contributed by atoms with Gasteiger partial charge < -0.3 is 10.6 Å². The van der Waals surface area contributed by atoms with E-state index in [-0.39, 0.29) is 5.91 Å². The molecule has 0 aliphatic heterocycles. The van der Waals surface area contributed by atoms with Gasteiger partial charge in [-0.3, -0.25) is 4.79 Å². The minimum absolute atomic E-state index is 0.0998. The number of hydrogen-bond donors (Lipinski definition) is 2. The van der Waals surface area contributed by atoms with Crippen molar-refractivity contribution < 1.29 is 4.79 Å². The molecule has 2 atom stereocenters. The Morgan fingerprint density at radius 3 is 2.67 bits per heavy atom. The molecule has 0 spiro atoms. The summed E-state index contributed by atoms with van der Waals surface area (Å²) in [5, 5.41) is 6.94. The molecule has 0 heterocycles. The third kappa shape index (κ3) is 3.91. The Morgan fingerprint density at radius 2 is 2.00 bits per heavy atom. The lowest BCUT2D eigenvalue weighted by atomic mass is 9.82. The number of amides is 1. The van der Waals surface area contributed by atoms with Crippen molar-refractivity contribution in [3.63, 3.8) is 0 Å². The Morgan fingerprint density at radius 1 is 1.19 bits per heavy atom. The second-order valence-corrected chi connectivity index (χ2v) is 6.89. The predicted molar refractivity (Wildman–Crippen MR) is 87.8 cm³/mol. The molecule has 3 nitrogen and oxygen atoms in total. The molecule has 114 valence electrons. The van der Waals surface area contributed by atoms with E-state index in [9.17, 15) is 4.79 Å². The van der Waals surface area contributed by atoms with Gasteiger partial charge in [0.1, 0.15) is 0 Å². The maximum Gasteiger partial charge on any atom is 0.221 e. The van der Waals surface area contributed by atoms with Gasteiger partial charge in [0.15, 0.2) is 0 Å². The van der Waals surface area contributed by atoms with Gasteiger partial charge >= 0.3 is 0 Å². The monoisotopic (exact) mass is 306 g/mol. The third-order valence-corrected chi connectivity index (χ3v) is 4.97. The van der Waals surface area contributed by atoms with Gasteiger partial charge in [0.2, 0.25) is 5.91 Å². The van der Waals surface area contributed by atoms with Gasteiger partial charge in [0.25, 0.3) is 0 Å². The molecule has 3 rings (SSSR count). The zero-order valence-corrected chi connectivity index (χ0v) is 13.2. The molecule has 2 fully saturated rings. The lowest BCUT2D eigenvalue weighted by molar-refractivity contribution is -0.114. The molecule has 1 amide bonds. The molecule has 4 heteroatoms. The number of anilines is 2. The molecular weight excluding hydrogens is 284 g/mol. The van der Waals surface area contributed by atoms with Crippen LogP contribution in [0.15, 0.2) is 18.2 Å². The fraction of sp³-hybridized carbons (Fsp3) is 0.588. The van der Waals surface area contributed by atoms with Crippen LogP contribution in [-0.4, -0.2) is 11.9 Å². The normalized spacial score (nSPS) is 25.4. The molecule has 21 heavy (non-hydrogen) atoms. The molecule has 0 radical (unpaired) electrons. The number of nitrogens with one attached hydrogen (secondary N) is 2. The Kier molecular flexibility index (Phi) is 4.39. The first kappa shape index (κ1) is 14.7. The van der Waals surface area contributed by atoms with Crippen LogP contribution in [0.5, 0.6) is 0 Å². The van der Waals surface area contributed by atoms with Crippen LogP contribution in [-0.2, 0) is 4.79 Å². The van der Waals surface area contributed by atoms with Gasteiger partial charge in [-0.1, -0.05) is 24.4 Å². The van der Waals surface area contributed by atoms with Crippen LogP contribution < -0.4 is 10.6 Å². The number of benzene rings is 1. The fourth-order valence-corrected chi connectivity index (χ4v) is 3.71. The van der Waals surface area contributed by atoms with E-state index in [1.165, 1.54) is 45.4 Å². The highest BCUT2D eigenvalue weighted by atomic mass is 35.5. The lowest BCUT2D eigenvalue weighted by Gasteiger charge is -2.30. The van der Waals surface area contributed by atoms with Crippen molar-refractivity contribution in [2.45, 2.75) is 51.5 Å². The van der Waals surface area contributed by atoms with E-state index in [1.54, 1.807) is 0 Å². The SMILES string of the molecule is CC(=O)Nc1ccc(NC2CCCC(C3CC3)C2)cc1Cl. The molecule has 1 aromatic rings. The second-order valence-electron chi connectivity index (χ2n) is 6.48. The summed E-state index contributed by atoms with van der Waals surface area (Å²) >= 11 is 6.23. The highest BCUT2D eigenvalue weighted by Gasteiger charge is 2.34. The molecule has 0 bridgehead atoms. The summed E-state index contributed by atoms with van der Waals surface area (Å²) in [6.45, 7) is 1.49.